The fraction of sp³-hybridized carbons (Fsp3) is 0.556. The number of benzene rings is 1. The third-order valence-corrected chi connectivity index (χ3v) is 4.65. The number of carbonyl (C=O) groups is 2. The molecule has 23 heavy (non-hydrogen) atoms. The third kappa shape index (κ3) is 4.24. The maximum absolute atomic E-state index is 12.4. The topological polar surface area (TPSA) is 52.7 Å². The second-order valence-electron chi connectivity index (χ2n) is 6.51. The number of nitrogens with one attached hydrogen (secondary N) is 1. The third-order valence-electron chi connectivity index (χ3n) is 4.65. The molecule has 1 aromatic rings. The van der Waals surface area contributed by atoms with E-state index in [9.17, 15) is 9.59 Å². The van der Waals surface area contributed by atoms with E-state index in [2.05, 4.69) is 5.32 Å². The SMILES string of the molecule is O=C1CC(NC(=O)N2CCCCCC2)CN1Cc1ccccc1. The molecule has 2 heterocycles. The van der Waals surface area contributed by atoms with Gasteiger partial charge in [0.2, 0.25) is 5.91 Å². The summed E-state index contributed by atoms with van der Waals surface area (Å²) < 4.78 is 0. The summed E-state index contributed by atoms with van der Waals surface area (Å²) in [5.74, 6) is 0.120. The van der Waals surface area contributed by atoms with Crippen molar-refractivity contribution >= 4 is 11.9 Å². The zero-order valence-electron chi connectivity index (χ0n) is 13.5. The maximum atomic E-state index is 12.4. The average Bonchev–Trinajstić information content (AvgIpc) is 2.77. The van der Waals surface area contributed by atoms with Gasteiger partial charge in [0.1, 0.15) is 0 Å². The molecule has 0 bridgehead atoms. The second kappa shape index (κ2) is 7.49. The molecule has 2 aliphatic heterocycles. The molecule has 3 amide bonds. The summed E-state index contributed by atoms with van der Waals surface area (Å²) in [7, 11) is 0. The summed E-state index contributed by atoms with van der Waals surface area (Å²) >= 11 is 0. The van der Waals surface area contributed by atoms with Crippen molar-refractivity contribution in [1.29, 1.82) is 0 Å². The van der Waals surface area contributed by atoms with E-state index in [1.807, 2.05) is 40.1 Å². The molecule has 5 heteroatoms. The molecule has 124 valence electrons. The summed E-state index contributed by atoms with van der Waals surface area (Å²) in [5.41, 5.74) is 1.13. The lowest BCUT2D eigenvalue weighted by molar-refractivity contribution is -0.128. The minimum Gasteiger partial charge on any atom is -0.336 e. The average molecular weight is 315 g/mol. The Hall–Kier alpha value is -2.04. The quantitative estimate of drug-likeness (QED) is 0.931. The largest absolute Gasteiger partial charge is 0.336 e. The first kappa shape index (κ1) is 15.8. The van der Waals surface area contributed by atoms with Gasteiger partial charge in [-0.25, -0.2) is 4.79 Å². The van der Waals surface area contributed by atoms with Crippen LogP contribution < -0.4 is 5.32 Å². The van der Waals surface area contributed by atoms with Gasteiger partial charge in [0.25, 0.3) is 0 Å². The van der Waals surface area contributed by atoms with Crippen LogP contribution in [0.3, 0.4) is 0 Å². The van der Waals surface area contributed by atoms with E-state index in [4.69, 9.17) is 0 Å². The lowest BCUT2D eigenvalue weighted by atomic mass is 10.2. The predicted octanol–water partition coefficient (Wildman–Crippen LogP) is 2.37. The number of rotatable bonds is 3. The summed E-state index contributed by atoms with van der Waals surface area (Å²) in [6.07, 6.45) is 4.98. The molecule has 2 aliphatic rings. The van der Waals surface area contributed by atoms with Crippen LogP contribution in [0.5, 0.6) is 0 Å². The van der Waals surface area contributed by atoms with E-state index in [0.717, 1.165) is 31.5 Å². The Balaban J connectivity index is 1.52. The highest BCUT2D eigenvalue weighted by Gasteiger charge is 2.31. The Labute approximate surface area is 137 Å². The van der Waals surface area contributed by atoms with Crippen molar-refractivity contribution in [2.75, 3.05) is 19.6 Å². The van der Waals surface area contributed by atoms with E-state index in [1.165, 1.54) is 12.8 Å². The van der Waals surface area contributed by atoms with Gasteiger partial charge in [0.05, 0.1) is 6.04 Å². The van der Waals surface area contributed by atoms with Crippen LogP contribution in [-0.4, -0.2) is 47.4 Å². The molecule has 2 fully saturated rings. The first-order valence-corrected chi connectivity index (χ1v) is 8.59. The van der Waals surface area contributed by atoms with Gasteiger partial charge in [0.15, 0.2) is 0 Å². The minimum atomic E-state index is -0.0676. The van der Waals surface area contributed by atoms with Crippen molar-refractivity contribution in [3.8, 4) is 0 Å². The molecule has 0 aromatic heterocycles. The molecule has 1 aromatic carbocycles. The van der Waals surface area contributed by atoms with Gasteiger partial charge in [-0.3, -0.25) is 4.79 Å². The number of carbonyl (C=O) groups excluding carboxylic acids is 2. The van der Waals surface area contributed by atoms with E-state index in [0.29, 0.717) is 19.5 Å². The summed E-state index contributed by atoms with van der Waals surface area (Å²) in [5, 5.41) is 3.05. The Kier molecular flexibility index (Phi) is 5.16. The van der Waals surface area contributed by atoms with Crippen molar-refractivity contribution in [3.05, 3.63) is 35.9 Å². The number of amides is 3. The Morgan fingerprint density at radius 3 is 2.48 bits per heavy atom. The summed E-state index contributed by atoms with van der Waals surface area (Å²) in [4.78, 5) is 28.3. The minimum absolute atomic E-state index is 0.00809. The van der Waals surface area contributed by atoms with Crippen molar-refractivity contribution in [2.45, 2.75) is 44.7 Å². The van der Waals surface area contributed by atoms with Gasteiger partial charge in [0, 0.05) is 32.6 Å². The lowest BCUT2D eigenvalue weighted by Gasteiger charge is -2.23. The van der Waals surface area contributed by atoms with Gasteiger partial charge in [-0.05, 0) is 18.4 Å². The van der Waals surface area contributed by atoms with E-state index < -0.39 is 0 Å². The molecule has 1 atom stereocenters. The summed E-state index contributed by atoms with van der Waals surface area (Å²) in [6, 6.07) is 9.91. The van der Waals surface area contributed by atoms with Gasteiger partial charge in [-0.15, -0.1) is 0 Å². The van der Waals surface area contributed by atoms with Crippen LogP contribution in [0.2, 0.25) is 0 Å². The molecule has 0 aliphatic carbocycles. The molecule has 0 spiro atoms. The number of nitrogens with zero attached hydrogens (tertiary/aromatic N) is 2. The van der Waals surface area contributed by atoms with Crippen LogP contribution in [0.25, 0.3) is 0 Å². The van der Waals surface area contributed by atoms with Gasteiger partial charge >= 0.3 is 6.03 Å². The molecule has 1 unspecified atom stereocenters. The Morgan fingerprint density at radius 1 is 1.09 bits per heavy atom. The molecule has 0 saturated carbocycles. The standard InChI is InChI=1S/C18H25N3O2/c22-17-12-16(14-21(17)13-15-8-4-3-5-9-15)19-18(23)20-10-6-1-2-7-11-20/h3-5,8-9,16H,1-2,6-7,10-14H2,(H,19,23). The number of likely N-dealkylation sites (tertiary alicyclic amines) is 2. The fourth-order valence-electron chi connectivity index (χ4n) is 3.37. The first-order valence-electron chi connectivity index (χ1n) is 8.59. The van der Waals surface area contributed by atoms with Gasteiger partial charge < -0.3 is 15.1 Å². The highest BCUT2D eigenvalue weighted by atomic mass is 16.2. The highest BCUT2D eigenvalue weighted by molar-refractivity contribution is 5.81. The van der Waals surface area contributed by atoms with E-state index in [-0.39, 0.29) is 18.0 Å². The smallest absolute Gasteiger partial charge is 0.317 e. The molecule has 2 saturated heterocycles. The molecular weight excluding hydrogens is 290 g/mol. The monoisotopic (exact) mass is 315 g/mol. The number of urea groups is 1. The number of hydrogen-bond donors (Lipinski definition) is 1. The van der Waals surface area contributed by atoms with Crippen LogP contribution in [0, 0.1) is 0 Å². The van der Waals surface area contributed by atoms with Crippen LogP contribution in [0.1, 0.15) is 37.7 Å². The van der Waals surface area contributed by atoms with Crippen LogP contribution in [0.4, 0.5) is 4.79 Å². The second-order valence-corrected chi connectivity index (χ2v) is 6.51. The van der Waals surface area contributed by atoms with Crippen LogP contribution in [0.15, 0.2) is 30.3 Å². The number of hydrogen-bond acceptors (Lipinski definition) is 2. The molecule has 1 N–H and O–H groups in total. The van der Waals surface area contributed by atoms with Crippen LogP contribution in [-0.2, 0) is 11.3 Å². The zero-order chi connectivity index (χ0) is 16.1. The molecule has 0 radical (unpaired) electrons. The van der Waals surface area contributed by atoms with E-state index >= 15 is 0 Å². The van der Waals surface area contributed by atoms with Gasteiger partial charge in [-0.2, -0.15) is 0 Å². The first-order chi connectivity index (χ1) is 11.2. The van der Waals surface area contributed by atoms with Gasteiger partial charge in [-0.1, -0.05) is 43.2 Å². The maximum Gasteiger partial charge on any atom is 0.317 e. The molecule has 3 rings (SSSR count). The summed E-state index contributed by atoms with van der Waals surface area (Å²) in [6.45, 7) is 2.89. The highest BCUT2D eigenvalue weighted by Crippen LogP contribution is 2.16. The zero-order valence-corrected chi connectivity index (χ0v) is 13.5. The normalized spacial score (nSPS) is 22.1. The molecule has 5 nitrogen and oxygen atoms in total. The Morgan fingerprint density at radius 2 is 1.78 bits per heavy atom. The van der Waals surface area contributed by atoms with Crippen molar-refractivity contribution in [3.63, 3.8) is 0 Å². The predicted molar refractivity (Wildman–Crippen MR) is 88.8 cm³/mol. The van der Waals surface area contributed by atoms with Crippen molar-refractivity contribution < 1.29 is 9.59 Å². The van der Waals surface area contributed by atoms with E-state index in [1.54, 1.807) is 0 Å². The van der Waals surface area contributed by atoms with Crippen LogP contribution >= 0.6 is 0 Å². The lowest BCUT2D eigenvalue weighted by Crippen LogP contribution is -2.46. The van der Waals surface area contributed by atoms with Crippen molar-refractivity contribution in [2.24, 2.45) is 0 Å². The van der Waals surface area contributed by atoms with Crippen molar-refractivity contribution in [1.82, 2.24) is 15.1 Å². The Bertz CT molecular complexity index is 538. The molecular formula is C18H25N3O2. The fourth-order valence-corrected chi connectivity index (χ4v) is 3.37.